The Morgan fingerprint density at radius 3 is 2.41 bits per heavy atom. The second-order valence-electron chi connectivity index (χ2n) is 8.58. The molecule has 0 saturated carbocycles. The molecule has 0 unspecified atom stereocenters. The van der Waals surface area contributed by atoms with Crippen LogP contribution in [0, 0.1) is 0 Å². The van der Waals surface area contributed by atoms with Gasteiger partial charge in [-0.1, -0.05) is 30.3 Å². The van der Waals surface area contributed by atoms with Gasteiger partial charge in [0.1, 0.15) is 0 Å². The number of rotatable bonds is 6. The molecular formula is C26H35N3O3. The molecule has 1 fully saturated rings. The van der Waals surface area contributed by atoms with Gasteiger partial charge in [-0.25, -0.2) is 0 Å². The summed E-state index contributed by atoms with van der Waals surface area (Å²) in [5.41, 5.74) is 3.98. The molecule has 0 aromatic heterocycles. The van der Waals surface area contributed by atoms with Gasteiger partial charge in [0.2, 0.25) is 0 Å². The summed E-state index contributed by atoms with van der Waals surface area (Å²) in [5, 5.41) is 3.53. The van der Waals surface area contributed by atoms with Gasteiger partial charge in [0.15, 0.2) is 17.5 Å². The van der Waals surface area contributed by atoms with Crippen LogP contribution in [0.2, 0.25) is 0 Å². The maximum absolute atomic E-state index is 5.70. The monoisotopic (exact) mass is 437 g/mol. The van der Waals surface area contributed by atoms with Crippen LogP contribution in [0.3, 0.4) is 0 Å². The highest BCUT2D eigenvalue weighted by Gasteiger charge is 2.34. The Kier molecular flexibility index (Phi) is 7.20. The van der Waals surface area contributed by atoms with E-state index in [1.54, 1.807) is 14.2 Å². The van der Waals surface area contributed by atoms with E-state index in [1.165, 1.54) is 16.7 Å². The number of benzene rings is 2. The maximum atomic E-state index is 5.70. The molecule has 0 bridgehead atoms. The Bertz CT molecular complexity index is 923. The maximum Gasteiger partial charge on any atom is 0.194 e. The summed E-state index contributed by atoms with van der Waals surface area (Å²) in [4.78, 5) is 7.54. The molecule has 172 valence electrons. The van der Waals surface area contributed by atoms with Crippen molar-refractivity contribution >= 4 is 5.96 Å². The number of nitrogens with zero attached hydrogens (tertiary/aromatic N) is 2. The van der Waals surface area contributed by atoms with E-state index in [0.29, 0.717) is 0 Å². The standard InChI is InChI=1S/C26H35N3O3/c1-4-27-25(28-19-26(11-14-32-15-12-26)22-8-6-5-7-9-22)29-13-10-20-16-23(30-2)24(31-3)17-21(20)18-29/h5-9,16-17H,4,10-15,18-19H2,1-3H3,(H,27,28). The molecule has 2 aromatic rings. The van der Waals surface area contributed by atoms with Crippen LogP contribution in [0.25, 0.3) is 0 Å². The minimum absolute atomic E-state index is 0.0322. The van der Waals surface area contributed by atoms with Gasteiger partial charge in [-0.05, 0) is 55.0 Å². The molecule has 0 amide bonds. The summed E-state index contributed by atoms with van der Waals surface area (Å²) >= 11 is 0. The normalized spacial score (nSPS) is 18.1. The van der Waals surface area contributed by atoms with Crippen LogP contribution < -0.4 is 14.8 Å². The molecule has 2 aliphatic rings. The number of guanidine groups is 1. The number of hydrogen-bond acceptors (Lipinski definition) is 4. The Hall–Kier alpha value is -2.73. The number of nitrogens with one attached hydrogen (secondary N) is 1. The first-order valence-corrected chi connectivity index (χ1v) is 11.6. The van der Waals surface area contributed by atoms with Gasteiger partial charge in [0, 0.05) is 38.3 Å². The Labute approximate surface area is 191 Å². The zero-order valence-corrected chi connectivity index (χ0v) is 19.5. The van der Waals surface area contributed by atoms with E-state index in [1.807, 2.05) is 0 Å². The largest absolute Gasteiger partial charge is 0.493 e. The molecule has 2 aliphatic heterocycles. The van der Waals surface area contributed by atoms with Crippen LogP contribution in [-0.2, 0) is 23.1 Å². The minimum Gasteiger partial charge on any atom is -0.493 e. The molecular weight excluding hydrogens is 402 g/mol. The summed E-state index contributed by atoms with van der Waals surface area (Å²) in [5.74, 6) is 2.56. The molecule has 2 heterocycles. The number of aliphatic imine (C=N–C) groups is 1. The smallest absolute Gasteiger partial charge is 0.194 e. The Balaban J connectivity index is 1.58. The average Bonchev–Trinajstić information content (AvgIpc) is 2.86. The predicted molar refractivity (Wildman–Crippen MR) is 128 cm³/mol. The summed E-state index contributed by atoms with van der Waals surface area (Å²) in [7, 11) is 3.38. The average molecular weight is 438 g/mol. The second kappa shape index (κ2) is 10.3. The van der Waals surface area contributed by atoms with Crippen molar-refractivity contribution in [3.05, 3.63) is 59.2 Å². The van der Waals surface area contributed by atoms with Crippen molar-refractivity contribution in [3.8, 4) is 11.5 Å². The third kappa shape index (κ3) is 4.70. The van der Waals surface area contributed by atoms with E-state index in [2.05, 4.69) is 59.6 Å². The topological polar surface area (TPSA) is 55.3 Å². The lowest BCUT2D eigenvalue weighted by Gasteiger charge is -2.38. The lowest BCUT2D eigenvalue weighted by Crippen LogP contribution is -2.45. The van der Waals surface area contributed by atoms with Crippen LogP contribution in [0.4, 0.5) is 0 Å². The van der Waals surface area contributed by atoms with Crippen molar-refractivity contribution in [2.45, 2.75) is 38.1 Å². The van der Waals surface area contributed by atoms with Gasteiger partial charge in [0.05, 0.1) is 20.8 Å². The van der Waals surface area contributed by atoms with E-state index in [9.17, 15) is 0 Å². The predicted octanol–water partition coefficient (Wildman–Crippen LogP) is 3.78. The summed E-state index contributed by atoms with van der Waals surface area (Å²) in [6, 6.07) is 15.0. The molecule has 0 atom stereocenters. The summed E-state index contributed by atoms with van der Waals surface area (Å²) < 4.78 is 16.7. The quantitative estimate of drug-likeness (QED) is 0.551. The summed E-state index contributed by atoms with van der Waals surface area (Å²) in [6.07, 6.45) is 2.96. The highest BCUT2D eigenvalue weighted by atomic mass is 16.5. The highest BCUT2D eigenvalue weighted by molar-refractivity contribution is 5.80. The molecule has 1 N–H and O–H groups in total. The van der Waals surface area contributed by atoms with Crippen LogP contribution in [0.1, 0.15) is 36.5 Å². The molecule has 0 aliphatic carbocycles. The summed E-state index contributed by atoms with van der Waals surface area (Å²) in [6.45, 7) is 7.05. The number of methoxy groups -OCH3 is 2. The number of hydrogen-bond donors (Lipinski definition) is 1. The first-order valence-electron chi connectivity index (χ1n) is 11.6. The minimum atomic E-state index is 0.0322. The number of fused-ring (bicyclic) bond motifs is 1. The van der Waals surface area contributed by atoms with Gasteiger partial charge in [0.25, 0.3) is 0 Å². The first-order chi connectivity index (χ1) is 15.7. The molecule has 2 aromatic carbocycles. The molecule has 4 rings (SSSR count). The van der Waals surface area contributed by atoms with Crippen molar-refractivity contribution in [1.82, 2.24) is 10.2 Å². The van der Waals surface area contributed by atoms with Crippen LogP contribution in [0.15, 0.2) is 47.5 Å². The van der Waals surface area contributed by atoms with Crippen molar-refractivity contribution in [3.63, 3.8) is 0 Å². The molecule has 6 nitrogen and oxygen atoms in total. The SMILES string of the molecule is CCNC(=NCC1(c2ccccc2)CCOCC1)N1CCc2cc(OC)c(OC)cc2C1. The van der Waals surface area contributed by atoms with Crippen LogP contribution in [0.5, 0.6) is 11.5 Å². The third-order valence-electron chi connectivity index (χ3n) is 6.72. The zero-order valence-electron chi connectivity index (χ0n) is 19.5. The molecule has 6 heteroatoms. The highest BCUT2D eigenvalue weighted by Crippen LogP contribution is 2.36. The van der Waals surface area contributed by atoms with E-state index in [0.717, 1.165) is 76.1 Å². The molecule has 0 radical (unpaired) electrons. The third-order valence-corrected chi connectivity index (χ3v) is 6.72. The van der Waals surface area contributed by atoms with E-state index < -0.39 is 0 Å². The zero-order chi connectivity index (χ0) is 22.4. The second-order valence-corrected chi connectivity index (χ2v) is 8.58. The van der Waals surface area contributed by atoms with E-state index >= 15 is 0 Å². The van der Waals surface area contributed by atoms with Gasteiger partial charge in [-0.15, -0.1) is 0 Å². The Morgan fingerprint density at radius 2 is 1.75 bits per heavy atom. The van der Waals surface area contributed by atoms with Crippen molar-refractivity contribution < 1.29 is 14.2 Å². The van der Waals surface area contributed by atoms with E-state index in [4.69, 9.17) is 19.2 Å². The van der Waals surface area contributed by atoms with Gasteiger partial charge >= 0.3 is 0 Å². The first kappa shape index (κ1) is 22.5. The fraction of sp³-hybridized carbons (Fsp3) is 0.500. The van der Waals surface area contributed by atoms with Crippen molar-refractivity contribution in [2.75, 3.05) is 47.1 Å². The van der Waals surface area contributed by atoms with Gasteiger partial charge < -0.3 is 24.4 Å². The molecule has 0 spiro atoms. The van der Waals surface area contributed by atoms with Gasteiger partial charge in [-0.2, -0.15) is 0 Å². The van der Waals surface area contributed by atoms with Crippen molar-refractivity contribution in [1.29, 1.82) is 0 Å². The molecule has 1 saturated heterocycles. The van der Waals surface area contributed by atoms with E-state index in [-0.39, 0.29) is 5.41 Å². The lowest BCUT2D eigenvalue weighted by atomic mass is 9.74. The fourth-order valence-electron chi connectivity index (χ4n) is 4.81. The van der Waals surface area contributed by atoms with Crippen LogP contribution in [-0.4, -0.2) is 57.9 Å². The lowest BCUT2D eigenvalue weighted by molar-refractivity contribution is 0.0530. The van der Waals surface area contributed by atoms with Crippen LogP contribution >= 0.6 is 0 Å². The fourth-order valence-corrected chi connectivity index (χ4v) is 4.81. The van der Waals surface area contributed by atoms with Gasteiger partial charge in [-0.3, -0.25) is 4.99 Å². The number of ether oxygens (including phenoxy) is 3. The molecule has 32 heavy (non-hydrogen) atoms. The Morgan fingerprint density at radius 1 is 1.06 bits per heavy atom. The van der Waals surface area contributed by atoms with Crippen molar-refractivity contribution in [2.24, 2.45) is 4.99 Å².